The Hall–Kier alpha value is -2.87. The van der Waals surface area contributed by atoms with E-state index in [4.69, 9.17) is 14.5 Å². The van der Waals surface area contributed by atoms with Gasteiger partial charge in [-0.2, -0.15) is 13.2 Å². The molecule has 5 rings (SSSR count). The summed E-state index contributed by atoms with van der Waals surface area (Å²) in [6.07, 6.45) is -2.82. The number of aliphatic imine (C=N–C) groups is 1. The first kappa shape index (κ1) is 18.2. The van der Waals surface area contributed by atoms with Crippen LogP contribution in [0.2, 0.25) is 0 Å². The first-order chi connectivity index (χ1) is 13.9. The van der Waals surface area contributed by atoms with Crippen LogP contribution in [0.1, 0.15) is 24.2 Å². The standard InChI is InChI=1S/C21H18F3N3O2/c22-21(23,24)15-4-2-1-3-14(15)13-5-6-16-17(11-13)26-18(25-16)19-27-20(12-29-19)7-9-28-10-8-20/h1-6,11H,7-10,12H2,(H,25,26). The van der Waals surface area contributed by atoms with Crippen LogP contribution in [0.4, 0.5) is 13.2 Å². The van der Waals surface area contributed by atoms with Crippen LogP contribution in [0.15, 0.2) is 47.5 Å². The van der Waals surface area contributed by atoms with E-state index in [2.05, 4.69) is 9.97 Å². The summed E-state index contributed by atoms with van der Waals surface area (Å²) < 4.78 is 51.3. The van der Waals surface area contributed by atoms with Crippen molar-refractivity contribution in [3.05, 3.63) is 53.9 Å². The lowest BCUT2D eigenvalue weighted by atomic mass is 9.92. The maximum absolute atomic E-state index is 13.4. The molecule has 1 spiro atoms. The number of H-pyrrole nitrogens is 1. The Morgan fingerprint density at radius 3 is 2.62 bits per heavy atom. The molecule has 1 saturated heterocycles. The van der Waals surface area contributed by atoms with E-state index in [1.807, 2.05) is 0 Å². The van der Waals surface area contributed by atoms with Crippen molar-refractivity contribution in [2.45, 2.75) is 24.6 Å². The van der Waals surface area contributed by atoms with E-state index in [9.17, 15) is 13.2 Å². The number of aromatic amines is 1. The van der Waals surface area contributed by atoms with Crippen molar-refractivity contribution in [3.8, 4) is 11.1 Å². The first-order valence-corrected chi connectivity index (χ1v) is 9.41. The Bertz CT molecular complexity index is 1100. The van der Waals surface area contributed by atoms with Crippen LogP contribution >= 0.6 is 0 Å². The minimum atomic E-state index is -4.42. The van der Waals surface area contributed by atoms with E-state index >= 15 is 0 Å². The summed E-state index contributed by atoms with van der Waals surface area (Å²) in [4.78, 5) is 12.4. The lowest BCUT2D eigenvalue weighted by molar-refractivity contribution is -0.137. The quantitative estimate of drug-likeness (QED) is 0.684. The minimum absolute atomic E-state index is 0.127. The zero-order chi connectivity index (χ0) is 20.1. The number of ether oxygens (including phenoxy) is 2. The van der Waals surface area contributed by atoms with Crippen molar-refractivity contribution >= 4 is 16.9 Å². The molecule has 1 N–H and O–H groups in total. The molecule has 3 heterocycles. The van der Waals surface area contributed by atoms with Gasteiger partial charge in [0.25, 0.3) is 5.90 Å². The summed E-state index contributed by atoms with van der Waals surface area (Å²) in [5, 5.41) is 0. The molecule has 0 unspecified atom stereocenters. The van der Waals surface area contributed by atoms with Gasteiger partial charge in [0.2, 0.25) is 0 Å². The van der Waals surface area contributed by atoms with Gasteiger partial charge in [0.15, 0.2) is 5.82 Å². The number of hydrogen-bond donors (Lipinski definition) is 1. The lowest BCUT2D eigenvalue weighted by Crippen LogP contribution is -2.35. The Kier molecular flexibility index (Phi) is 4.13. The third kappa shape index (κ3) is 3.27. The third-order valence-corrected chi connectivity index (χ3v) is 5.47. The van der Waals surface area contributed by atoms with Gasteiger partial charge in [-0.25, -0.2) is 9.98 Å². The summed E-state index contributed by atoms with van der Waals surface area (Å²) in [5.74, 6) is 0.935. The van der Waals surface area contributed by atoms with E-state index in [1.54, 1.807) is 24.3 Å². The number of aromatic nitrogens is 2. The highest BCUT2D eigenvalue weighted by atomic mass is 19.4. The van der Waals surface area contributed by atoms with E-state index in [1.165, 1.54) is 12.1 Å². The van der Waals surface area contributed by atoms with Gasteiger partial charge < -0.3 is 14.5 Å². The molecule has 0 amide bonds. The Morgan fingerprint density at radius 2 is 1.83 bits per heavy atom. The second-order valence-electron chi connectivity index (χ2n) is 7.40. The fourth-order valence-corrected chi connectivity index (χ4v) is 3.87. The molecule has 29 heavy (non-hydrogen) atoms. The SMILES string of the molecule is FC(F)(F)c1ccccc1-c1ccc2[nH]c(C3=NC4(CCOCC4)CO3)nc2c1. The van der Waals surface area contributed by atoms with Crippen LogP contribution in [0.25, 0.3) is 22.2 Å². The summed E-state index contributed by atoms with van der Waals surface area (Å²) in [5.41, 5.74) is 0.936. The Labute approximate surface area is 164 Å². The molecule has 1 aromatic heterocycles. The van der Waals surface area contributed by atoms with Crippen molar-refractivity contribution in [1.29, 1.82) is 0 Å². The zero-order valence-corrected chi connectivity index (χ0v) is 15.4. The summed E-state index contributed by atoms with van der Waals surface area (Å²) in [7, 11) is 0. The largest absolute Gasteiger partial charge is 0.473 e. The van der Waals surface area contributed by atoms with Crippen LogP contribution < -0.4 is 0 Å². The molecule has 1 fully saturated rings. The van der Waals surface area contributed by atoms with Crippen molar-refractivity contribution in [2.75, 3.05) is 19.8 Å². The second kappa shape index (κ2) is 6.59. The van der Waals surface area contributed by atoms with Gasteiger partial charge in [0.05, 0.1) is 16.6 Å². The number of nitrogens with zero attached hydrogens (tertiary/aromatic N) is 2. The molecule has 8 heteroatoms. The van der Waals surface area contributed by atoms with Gasteiger partial charge in [-0.3, -0.25) is 0 Å². The second-order valence-corrected chi connectivity index (χ2v) is 7.40. The normalized spacial score (nSPS) is 18.8. The van der Waals surface area contributed by atoms with Crippen LogP contribution in [0.3, 0.4) is 0 Å². The zero-order valence-electron chi connectivity index (χ0n) is 15.4. The Balaban J connectivity index is 1.52. The highest BCUT2D eigenvalue weighted by Crippen LogP contribution is 2.37. The molecule has 150 valence electrons. The van der Waals surface area contributed by atoms with E-state index in [0.717, 1.165) is 18.9 Å². The maximum Gasteiger partial charge on any atom is 0.417 e. The smallest absolute Gasteiger partial charge is 0.417 e. The van der Waals surface area contributed by atoms with E-state index in [0.29, 0.717) is 48.1 Å². The maximum atomic E-state index is 13.4. The highest BCUT2D eigenvalue weighted by Gasteiger charge is 2.39. The van der Waals surface area contributed by atoms with Crippen molar-refractivity contribution in [3.63, 3.8) is 0 Å². The van der Waals surface area contributed by atoms with Gasteiger partial charge in [-0.15, -0.1) is 0 Å². The lowest BCUT2D eigenvalue weighted by Gasteiger charge is -2.28. The van der Waals surface area contributed by atoms with Crippen LogP contribution in [-0.4, -0.2) is 41.2 Å². The minimum Gasteiger partial charge on any atom is -0.473 e. The molecule has 3 aromatic rings. The predicted molar refractivity (Wildman–Crippen MR) is 102 cm³/mol. The van der Waals surface area contributed by atoms with Crippen LogP contribution in [0.5, 0.6) is 0 Å². The molecule has 0 aliphatic carbocycles. The summed E-state index contributed by atoms with van der Waals surface area (Å²) in [6.45, 7) is 1.80. The molecule has 0 radical (unpaired) electrons. The number of nitrogens with one attached hydrogen (secondary N) is 1. The Morgan fingerprint density at radius 1 is 1.03 bits per heavy atom. The van der Waals surface area contributed by atoms with Crippen molar-refractivity contribution in [1.82, 2.24) is 9.97 Å². The molecule has 2 aliphatic rings. The number of rotatable bonds is 2. The fourth-order valence-electron chi connectivity index (χ4n) is 3.87. The number of fused-ring (bicyclic) bond motifs is 1. The average Bonchev–Trinajstić information content (AvgIpc) is 3.32. The van der Waals surface area contributed by atoms with Gasteiger partial charge >= 0.3 is 6.18 Å². The van der Waals surface area contributed by atoms with Gasteiger partial charge in [-0.1, -0.05) is 24.3 Å². The number of benzene rings is 2. The van der Waals surface area contributed by atoms with Gasteiger partial charge in [0.1, 0.15) is 12.1 Å². The van der Waals surface area contributed by atoms with Gasteiger partial charge in [0, 0.05) is 13.2 Å². The van der Waals surface area contributed by atoms with E-state index < -0.39 is 11.7 Å². The molecular formula is C21H18F3N3O2. The van der Waals surface area contributed by atoms with E-state index in [-0.39, 0.29) is 11.1 Å². The molecule has 0 bridgehead atoms. The number of imidazole rings is 1. The van der Waals surface area contributed by atoms with Gasteiger partial charge in [-0.05, 0) is 42.2 Å². The molecular weight excluding hydrogens is 383 g/mol. The third-order valence-electron chi connectivity index (χ3n) is 5.47. The highest BCUT2D eigenvalue weighted by molar-refractivity contribution is 5.96. The predicted octanol–water partition coefficient (Wildman–Crippen LogP) is 4.57. The number of halogens is 3. The summed E-state index contributed by atoms with van der Waals surface area (Å²) >= 11 is 0. The molecule has 2 aliphatic heterocycles. The summed E-state index contributed by atoms with van der Waals surface area (Å²) in [6, 6.07) is 10.6. The van der Waals surface area contributed by atoms with Crippen molar-refractivity contribution in [2.24, 2.45) is 4.99 Å². The number of hydrogen-bond acceptors (Lipinski definition) is 4. The first-order valence-electron chi connectivity index (χ1n) is 9.41. The van der Waals surface area contributed by atoms with Crippen LogP contribution in [0, 0.1) is 0 Å². The van der Waals surface area contributed by atoms with Crippen molar-refractivity contribution < 1.29 is 22.6 Å². The van der Waals surface area contributed by atoms with Crippen LogP contribution in [-0.2, 0) is 15.7 Å². The topological polar surface area (TPSA) is 59.5 Å². The molecule has 2 aromatic carbocycles. The molecule has 0 atom stereocenters. The molecule has 5 nitrogen and oxygen atoms in total. The monoisotopic (exact) mass is 401 g/mol. The fraction of sp³-hybridized carbons (Fsp3) is 0.333. The number of alkyl halides is 3. The average molecular weight is 401 g/mol. The molecule has 0 saturated carbocycles.